The number of alkyl halides is 2. The molecule has 0 aliphatic rings. The van der Waals surface area contributed by atoms with Crippen LogP contribution in [0.3, 0.4) is 0 Å². The van der Waals surface area contributed by atoms with E-state index in [0.717, 1.165) is 11.9 Å². The van der Waals surface area contributed by atoms with Crippen molar-refractivity contribution < 1.29 is 8.78 Å². The molecule has 0 aliphatic carbocycles. The van der Waals surface area contributed by atoms with Crippen LogP contribution in [0.15, 0.2) is 0 Å². The summed E-state index contributed by atoms with van der Waals surface area (Å²) in [6.07, 6.45) is 0. The average Bonchev–Trinajstić information content (AvgIpc) is 1.59. The van der Waals surface area contributed by atoms with Crippen LogP contribution in [0.1, 0.15) is 0 Å². The molecule has 1 N–H and O–H groups in total. The van der Waals surface area contributed by atoms with Gasteiger partial charge in [0.15, 0.2) is 0 Å². The zero-order valence-corrected chi connectivity index (χ0v) is 6.42. The molecule has 0 fully saturated rings. The Labute approximate surface area is 53.9 Å². The number of rotatable bonds is 3. The first-order chi connectivity index (χ1) is 3.56. The highest BCUT2D eigenvalue weighted by Crippen LogP contribution is 2.24. The molecular weight excluding hydrogens is 151 g/mol. The van der Waals surface area contributed by atoms with E-state index in [-0.39, 0.29) is 5.75 Å². The van der Waals surface area contributed by atoms with Crippen molar-refractivity contribution in [2.75, 3.05) is 12.8 Å². The smallest absolute Gasteiger partial charge is 0.267 e. The van der Waals surface area contributed by atoms with Gasteiger partial charge in [-0.2, -0.15) is 0 Å². The molecule has 1 atom stereocenters. The molecule has 0 amide bonds. The molecule has 8 heavy (non-hydrogen) atoms. The molecule has 0 saturated heterocycles. The van der Waals surface area contributed by atoms with Crippen LogP contribution in [-0.2, 0) is 0 Å². The van der Waals surface area contributed by atoms with E-state index in [1.807, 2.05) is 0 Å². The quantitative estimate of drug-likeness (QED) is 0.492. The summed E-state index contributed by atoms with van der Waals surface area (Å²) in [5.74, 6) is -0.200. The van der Waals surface area contributed by atoms with Crippen molar-refractivity contribution in [2.24, 2.45) is 0 Å². The summed E-state index contributed by atoms with van der Waals surface area (Å²) in [5, 5.41) is 0. The first-order valence-corrected chi connectivity index (χ1v) is 3.58. The lowest BCUT2D eigenvalue weighted by Gasteiger charge is -2.06. The van der Waals surface area contributed by atoms with Gasteiger partial charge < -0.3 is 0 Å². The van der Waals surface area contributed by atoms with Crippen LogP contribution in [0.2, 0.25) is 0 Å². The van der Waals surface area contributed by atoms with E-state index in [2.05, 4.69) is 4.72 Å². The van der Waals surface area contributed by atoms with Gasteiger partial charge in [0, 0.05) is 0 Å². The van der Waals surface area contributed by atoms with Gasteiger partial charge in [0.25, 0.3) is 5.66 Å². The van der Waals surface area contributed by atoms with E-state index < -0.39 is 5.66 Å². The molecule has 0 radical (unpaired) electrons. The standard InChI is InChI=1S/C3H8F2NPS/c1-6-8-2-3(4,5)7/h6H,2,7H2,1H3. The van der Waals surface area contributed by atoms with Gasteiger partial charge >= 0.3 is 0 Å². The van der Waals surface area contributed by atoms with E-state index in [1.54, 1.807) is 7.05 Å². The van der Waals surface area contributed by atoms with Crippen molar-refractivity contribution in [3.05, 3.63) is 0 Å². The van der Waals surface area contributed by atoms with Crippen molar-refractivity contribution in [3.63, 3.8) is 0 Å². The fourth-order valence-corrected chi connectivity index (χ4v) is 0.755. The topological polar surface area (TPSA) is 12.0 Å². The summed E-state index contributed by atoms with van der Waals surface area (Å²) in [4.78, 5) is 0. The number of halogens is 2. The van der Waals surface area contributed by atoms with Crippen LogP contribution < -0.4 is 4.72 Å². The predicted molar refractivity (Wildman–Crippen MR) is 36.2 cm³/mol. The second-order valence-corrected chi connectivity index (χ2v) is 3.08. The second-order valence-electron chi connectivity index (χ2n) is 1.25. The van der Waals surface area contributed by atoms with Gasteiger partial charge in [0.1, 0.15) is 0 Å². The van der Waals surface area contributed by atoms with Crippen molar-refractivity contribution in [1.82, 2.24) is 4.72 Å². The summed E-state index contributed by atoms with van der Waals surface area (Å²) < 4.78 is 26.2. The maximum atomic E-state index is 11.8. The van der Waals surface area contributed by atoms with E-state index in [1.165, 1.54) is 9.24 Å². The zero-order chi connectivity index (χ0) is 6.62. The molecule has 0 bridgehead atoms. The Balaban J connectivity index is 3.11. The Morgan fingerprint density at radius 3 is 2.38 bits per heavy atom. The third kappa shape index (κ3) is 6.60. The largest absolute Gasteiger partial charge is 0.269 e. The van der Waals surface area contributed by atoms with E-state index >= 15 is 0 Å². The molecule has 0 aromatic carbocycles. The highest BCUT2D eigenvalue weighted by atomic mass is 32.2. The summed E-state index contributed by atoms with van der Waals surface area (Å²) in [7, 11) is 3.08. The molecule has 0 aromatic rings. The van der Waals surface area contributed by atoms with Gasteiger partial charge in [-0.3, -0.25) is 4.72 Å². The lowest BCUT2D eigenvalue weighted by molar-refractivity contribution is 0.133. The van der Waals surface area contributed by atoms with E-state index in [4.69, 9.17) is 0 Å². The minimum absolute atomic E-state index is 0.200. The van der Waals surface area contributed by atoms with E-state index in [0.29, 0.717) is 0 Å². The average molecular weight is 159 g/mol. The van der Waals surface area contributed by atoms with Gasteiger partial charge in [-0.1, -0.05) is 21.2 Å². The molecule has 0 saturated carbocycles. The maximum Gasteiger partial charge on any atom is 0.269 e. The molecule has 50 valence electrons. The third-order valence-corrected chi connectivity index (χ3v) is 1.73. The van der Waals surface area contributed by atoms with E-state index in [9.17, 15) is 8.78 Å². The molecule has 0 heterocycles. The summed E-state index contributed by atoms with van der Waals surface area (Å²) in [6, 6.07) is 0. The fourth-order valence-electron chi connectivity index (χ4n) is 0.168. The third-order valence-electron chi connectivity index (χ3n) is 0.409. The van der Waals surface area contributed by atoms with Crippen LogP contribution in [0.5, 0.6) is 0 Å². The van der Waals surface area contributed by atoms with Crippen LogP contribution in [0.25, 0.3) is 0 Å². The van der Waals surface area contributed by atoms with Crippen LogP contribution >= 0.6 is 21.2 Å². The molecule has 1 nitrogen and oxygen atoms in total. The van der Waals surface area contributed by atoms with Gasteiger partial charge in [-0.15, -0.1) is 0 Å². The normalized spacial score (nSPS) is 12.0. The Morgan fingerprint density at radius 2 is 2.25 bits per heavy atom. The van der Waals surface area contributed by atoms with Gasteiger partial charge in [-0.25, -0.2) is 8.78 Å². The molecule has 1 unspecified atom stereocenters. The summed E-state index contributed by atoms with van der Waals surface area (Å²) in [5.41, 5.74) is -2.63. The highest BCUT2D eigenvalue weighted by molar-refractivity contribution is 7.97. The van der Waals surface area contributed by atoms with Crippen molar-refractivity contribution in [1.29, 1.82) is 0 Å². The van der Waals surface area contributed by atoms with Crippen LogP contribution in [0, 0.1) is 0 Å². The van der Waals surface area contributed by atoms with Crippen LogP contribution in [-0.4, -0.2) is 18.5 Å². The number of nitrogens with one attached hydrogen (secondary N) is 1. The molecule has 0 aliphatic heterocycles. The van der Waals surface area contributed by atoms with Crippen molar-refractivity contribution in [2.45, 2.75) is 5.66 Å². The molecule has 0 aromatic heterocycles. The Hall–Kier alpha value is 0.600. The lowest BCUT2D eigenvalue weighted by atomic mass is 10.8. The first-order valence-electron chi connectivity index (χ1n) is 2.01. The molecule has 0 rings (SSSR count). The lowest BCUT2D eigenvalue weighted by Crippen LogP contribution is -2.11. The maximum absolute atomic E-state index is 11.8. The summed E-state index contributed by atoms with van der Waals surface area (Å²) >= 11 is 0.994. The fraction of sp³-hybridized carbons (Fsp3) is 1.00. The summed E-state index contributed by atoms with van der Waals surface area (Å²) in [6.45, 7) is 0. The number of hydrogen-bond acceptors (Lipinski definition) is 2. The minimum atomic E-state index is -2.63. The SMILES string of the molecule is CNSCC(F)(F)P. The predicted octanol–water partition coefficient (Wildman–Crippen LogP) is 1.32. The minimum Gasteiger partial charge on any atom is -0.267 e. The van der Waals surface area contributed by atoms with Gasteiger partial charge in [-0.05, 0) is 7.05 Å². The Morgan fingerprint density at radius 1 is 1.75 bits per heavy atom. The Kier molecular flexibility index (Phi) is 3.86. The molecule has 5 heteroatoms. The monoisotopic (exact) mass is 159 g/mol. The first kappa shape index (κ1) is 8.60. The van der Waals surface area contributed by atoms with Crippen molar-refractivity contribution in [3.8, 4) is 0 Å². The Bertz CT molecular complexity index is 64.8. The van der Waals surface area contributed by atoms with Crippen LogP contribution in [0.4, 0.5) is 8.78 Å². The van der Waals surface area contributed by atoms with Gasteiger partial charge in [0.05, 0.1) is 5.75 Å². The second kappa shape index (κ2) is 3.59. The highest BCUT2D eigenvalue weighted by Gasteiger charge is 2.20. The van der Waals surface area contributed by atoms with Gasteiger partial charge in [0.2, 0.25) is 0 Å². The number of hydrogen-bond donors (Lipinski definition) is 1. The van der Waals surface area contributed by atoms with Crippen molar-refractivity contribution >= 4 is 21.2 Å². The molecule has 0 spiro atoms. The zero-order valence-electron chi connectivity index (χ0n) is 4.45. The molecular formula is C3H8F2NPS.